The van der Waals surface area contributed by atoms with Crippen molar-refractivity contribution >= 4 is 29.7 Å². The normalized spacial score (nSPS) is 23.4. The molecule has 7 rings (SSSR count). The van der Waals surface area contributed by atoms with Crippen LogP contribution in [0.2, 0.25) is 0 Å². The summed E-state index contributed by atoms with van der Waals surface area (Å²) in [5.74, 6) is 0.372. The number of carbonyl (C=O) groups is 1. The zero-order valence-corrected chi connectivity index (χ0v) is 27.9. The summed E-state index contributed by atoms with van der Waals surface area (Å²) in [6.07, 6.45) is -4.27. The van der Waals surface area contributed by atoms with Crippen LogP contribution in [0.5, 0.6) is 5.75 Å². The third-order valence-corrected chi connectivity index (χ3v) is 11.2. The topological polar surface area (TPSA) is 95.5 Å². The number of aliphatic hydroxyl groups is 1. The third-order valence-electron chi connectivity index (χ3n) is 8.73. The molecule has 2 N–H and O–H groups in total. The van der Waals surface area contributed by atoms with E-state index in [0.717, 1.165) is 27.0 Å². The van der Waals surface area contributed by atoms with Crippen LogP contribution < -0.4 is 26.0 Å². The molecule has 8 nitrogen and oxygen atoms in total. The predicted octanol–water partition coefficient (Wildman–Crippen LogP) is 4.97. The van der Waals surface area contributed by atoms with Crippen molar-refractivity contribution in [3.05, 3.63) is 156 Å². The molecule has 6 atom stereocenters. The van der Waals surface area contributed by atoms with Crippen molar-refractivity contribution in [1.29, 1.82) is 0 Å². The van der Waals surface area contributed by atoms with Crippen LogP contribution >= 0.6 is 7.92 Å². The molecule has 0 spiro atoms. The highest BCUT2D eigenvalue weighted by Crippen LogP contribution is 2.37. The Morgan fingerprint density at radius 1 is 0.796 bits per heavy atom. The van der Waals surface area contributed by atoms with Gasteiger partial charge >= 0.3 is 0 Å². The summed E-state index contributed by atoms with van der Waals surface area (Å²) in [4.78, 5) is 14.4. The van der Waals surface area contributed by atoms with E-state index in [1.54, 1.807) is 7.11 Å². The van der Waals surface area contributed by atoms with Gasteiger partial charge in [-0.2, -0.15) is 0 Å². The molecular weight excluding hydrogens is 637 g/mol. The Labute approximate surface area is 287 Å². The van der Waals surface area contributed by atoms with Gasteiger partial charge < -0.3 is 34.1 Å². The smallest absolute Gasteiger partial charge is 0.252 e. The Morgan fingerprint density at radius 2 is 1.41 bits per heavy atom. The van der Waals surface area contributed by atoms with Crippen LogP contribution in [0.1, 0.15) is 27.8 Å². The van der Waals surface area contributed by atoms with Gasteiger partial charge in [-0.25, -0.2) is 0 Å². The second-order valence-corrected chi connectivity index (χ2v) is 14.1. The Morgan fingerprint density at radius 3 is 2.06 bits per heavy atom. The molecule has 0 bridgehead atoms. The van der Waals surface area contributed by atoms with Crippen molar-refractivity contribution in [2.24, 2.45) is 0 Å². The summed E-state index contributed by atoms with van der Waals surface area (Å²) >= 11 is 0. The summed E-state index contributed by atoms with van der Waals surface area (Å²) < 4.78 is 30.3. The molecule has 0 saturated carbocycles. The Hall–Kier alpha value is -4.40. The summed E-state index contributed by atoms with van der Waals surface area (Å²) in [5.41, 5.74) is 2.23. The zero-order chi connectivity index (χ0) is 33.6. The van der Waals surface area contributed by atoms with Crippen LogP contribution in [-0.4, -0.2) is 55.4 Å². The number of carbonyl (C=O) groups excluding carboxylic acids is 1. The van der Waals surface area contributed by atoms with Gasteiger partial charge in [0.2, 0.25) is 0 Å². The van der Waals surface area contributed by atoms with E-state index in [2.05, 4.69) is 29.6 Å². The molecule has 2 aliphatic rings. The van der Waals surface area contributed by atoms with Crippen LogP contribution in [0, 0.1) is 0 Å². The first-order valence-electron chi connectivity index (χ1n) is 16.3. The minimum absolute atomic E-state index is 0.172. The maximum absolute atomic E-state index is 14.4. The first-order valence-corrected chi connectivity index (χ1v) is 17.6. The molecule has 2 heterocycles. The van der Waals surface area contributed by atoms with E-state index in [4.69, 9.17) is 23.7 Å². The first kappa shape index (κ1) is 33.1. The van der Waals surface area contributed by atoms with Crippen molar-refractivity contribution in [1.82, 2.24) is 5.32 Å². The molecule has 0 radical (unpaired) electrons. The molecular formula is C40H38NO7P. The average Bonchev–Trinajstić information content (AvgIpc) is 3.17. The minimum Gasteiger partial charge on any atom is -0.497 e. The lowest BCUT2D eigenvalue weighted by Crippen LogP contribution is -2.66. The number of fused-ring (bicyclic) bond motifs is 1. The molecule has 2 saturated heterocycles. The van der Waals surface area contributed by atoms with E-state index >= 15 is 0 Å². The number of rotatable bonds is 10. The number of hydrogen-bond donors (Lipinski definition) is 2. The highest BCUT2D eigenvalue weighted by molar-refractivity contribution is 7.80. The van der Waals surface area contributed by atoms with E-state index in [0.29, 0.717) is 11.3 Å². The van der Waals surface area contributed by atoms with E-state index < -0.39 is 44.9 Å². The molecule has 250 valence electrons. The standard InChI is InChI=1S/C40H38NO7P/c1-44-29-23-21-28(22-24-29)39-46-26-33-37(48-39)36(42)35(40(47-33)45-25-27-13-5-2-6-14-27)41-38(43)32-19-11-12-20-34(32)49(30-15-7-3-8-16-30)31-17-9-4-10-18-31/h2-24,33,35-37,39-40,42H,25-26H2,1H3,(H,41,43)/t33-,35-,36-,37-,39?,40+/m1/s1. The SMILES string of the molecule is COc1ccc(C2OC[C@H]3O[C@H](OCc4ccccc4)[C@H](NC(=O)c4ccccc4P(c4ccccc4)c4ccccc4)[C@@H](O)[C@@H]3O2)cc1. The van der Waals surface area contributed by atoms with Gasteiger partial charge in [-0.1, -0.05) is 121 Å². The number of amides is 1. The third kappa shape index (κ3) is 7.46. The fourth-order valence-electron chi connectivity index (χ4n) is 6.24. The lowest BCUT2D eigenvalue weighted by molar-refractivity contribution is -0.345. The highest BCUT2D eigenvalue weighted by atomic mass is 31.1. The molecule has 9 heteroatoms. The zero-order valence-electron chi connectivity index (χ0n) is 27.0. The molecule has 0 aromatic heterocycles. The number of aliphatic hydroxyl groups excluding tert-OH is 1. The van der Waals surface area contributed by atoms with Crippen LogP contribution in [0.3, 0.4) is 0 Å². The van der Waals surface area contributed by atoms with Crippen LogP contribution in [0.15, 0.2) is 140 Å². The van der Waals surface area contributed by atoms with Gasteiger partial charge in [0.15, 0.2) is 12.6 Å². The molecule has 5 aromatic carbocycles. The molecule has 5 aromatic rings. The largest absolute Gasteiger partial charge is 0.497 e. The molecule has 1 amide bonds. The van der Waals surface area contributed by atoms with Crippen molar-refractivity contribution in [2.75, 3.05) is 13.7 Å². The van der Waals surface area contributed by atoms with Gasteiger partial charge in [0.05, 0.1) is 20.3 Å². The van der Waals surface area contributed by atoms with Gasteiger partial charge in [-0.3, -0.25) is 4.79 Å². The van der Waals surface area contributed by atoms with E-state index in [9.17, 15) is 9.90 Å². The molecule has 2 aliphatic heterocycles. The monoisotopic (exact) mass is 675 g/mol. The number of ether oxygens (including phenoxy) is 5. The van der Waals surface area contributed by atoms with Crippen LogP contribution in [-0.2, 0) is 25.6 Å². The van der Waals surface area contributed by atoms with E-state index in [-0.39, 0.29) is 19.1 Å². The summed E-state index contributed by atoms with van der Waals surface area (Å²) in [6, 6.07) is 44.2. The summed E-state index contributed by atoms with van der Waals surface area (Å²) in [5, 5.41) is 18.2. The fourth-order valence-corrected chi connectivity index (χ4v) is 8.69. The van der Waals surface area contributed by atoms with Crippen LogP contribution in [0.4, 0.5) is 0 Å². The summed E-state index contributed by atoms with van der Waals surface area (Å²) in [7, 11) is 0.542. The van der Waals surface area contributed by atoms with Crippen molar-refractivity contribution in [2.45, 2.75) is 43.5 Å². The predicted molar refractivity (Wildman–Crippen MR) is 189 cm³/mol. The van der Waals surface area contributed by atoms with E-state index in [1.807, 2.05) is 115 Å². The van der Waals surface area contributed by atoms with Crippen LogP contribution in [0.25, 0.3) is 0 Å². The second kappa shape index (κ2) is 15.4. The number of nitrogens with one attached hydrogen (secondary N) is 1. The van der Waals surface area contributed by atoms with Gasteiger partial charge in [0.25, 0.3) is 5.91 Å². The summed E-state index contributed by atoms with van der Waals surface area (Å²) in [6.45, 7) is 0.396. The quantitative estimate of drug-likeness (QED) is 0.202. The maximum Gasteiger partial charge on any atom is 0.252 e. The Balaban J connectivity index is 1.18. The molecule has 49 heavy (non-hydrogen) atoms. The van der Waals surface area contributed by atoms with Gasteiger partial charge in [-0.05, 0) is 47.6 Å². The average molecular weight is 676 g/mol. The van der Waals surface area contributed by atoms with Crippen molar-refractivity contribution in [3.8, 4) is 5.75 Å². The maximum atomic E-state index is 14.4. The first-order chi connectivity index (χ1) is 24.1. The molecule has 0 aliphatic carbocycles. The van der Waals surface area contributed by atoms with Crippen molar-refractivity contribution in [3.63, 3.8) is 0 Å². The molecule has 2 fully saturated rings. The highest BCUT2D eigenvalue weighted by Gasteiger charge is 2.50. The Kier molecular flexibility index (Phi) is 10.4. The molecule has 1 unspecified atom stereocenters. The lowest BCUT2D eigenvalue weighted by atomic mass is 9.95. The van der Waals surface area contributed by atoms with Gasteiger partial charge in [0, 0.05) is 11.1 Å². The lowest BCUT2D eigenvalue weighted by Gasteiger charge is -2.47. The second-order valence-electron chi connectivity index (χ2n) is 11.9. The van der Waals surface area contributed by atoms with Crippen molar-refractivity contribution < 1.29 is 33.6 Å². The number of hydrogen-bond acceptors (Lipinski definition) is 7. The van der Waals surface area contributed by atoms with E-state index in [1.165, 1.54) is 0 Å². The minimum atomic E-state index is -1.16. The number of methoxy groups -OCH3 is 1. The van der Waals surface area contributed by atoms with Gasteiger partial charge in [-0.15, -0.1) is 0 Å². The number of benzene rings is 5. The Bertz CT molecular complexity index is 1770. The fraction of sp³-hybridized carbons (Fsp3) is 0.225. The van der Waals surface area contributed by atoms with Gasteiger partial charge in [0.1, 0.15) is 30.1 Å².